The quantitative estimate of drug-likeness (QED) is 0.789. The zero-order chi connectivity index (χ0) is 14.7. The van der Waals surface area contributed by atoms with Crippen molar-refractivity contribution >= 4 is 22.6 Å². The van der Waals surface area contributed by atoms with Crippen molar-refractivity contribution in [2.75, 3.05) is 33.3 Å². The van der Waals surface area contributed by atoms with Gasteiger partial charge in [0.15, 0.2) is 0 Å². The van der Waals surface area contributed by atoms with Gasteiger partial charge in [0.1, 0.15) is 5.75 Å². The van der Waals surface area contributed by atoms with Crippen LogP contribution >= 0.6 is 22.6 Å². The van der Waals surface area contributed by atoms with Crippen LogP contribution in [0, 0.1) is 3.57 Å². The van der Waals surface area contributed by atoms with E-state index in [0.29, 0.717) is 5.92 Å². The van der Waals surface area contributed by atoms with E-state index in [4.69, 9.17) is 4.74 Å². The lowest BCUT2D eigenvalue weighted by Crippen LogP contribution is -2.49. The van der Waals surface area contributed by atoms with Gasteiger partial charge < -0.3 is 10.1 Å². The maximum absolute atomic E-state index is 5.60. The highest BCUT2D eigenvalue weighted by atomic mass is 127. The molecule has 0 radical (unpaired) electrons. The topological polar surface area (TPSA) is 24.5 Å². The Hall–Kier alpha value is -0.330. The molecule has 1 aromatic carbocycles. The zero-order valence-electron chi connectivity index (χ0n) is 12.8. The molecule has 116 valence electrons. The lowest BCUT2D eigenvalue weighted by atomic mass is 9.80. The van der Waals surface area contributed by atoms with E-state index in [9.17, 15) is 0 Å². The van der Waals surface area contributed by atoms with Crippen LogP contribution < -0.4 is 10.1 Å². The first-order valence-corrected chi connectivity index (χ1v) is 9.14. The number of nitrogens with zero attached hydrogens (tertiary/aromatic N) is 1. The summed E-state index contributed by atoms with van der Waals surface area (Å²) in [5.41, 5.74) is 1.41. The highest BCUT2D eigenvalue weighted by Crippen LogP contribution is 2.39. The number of methoxy groups -OCH3 is 1. The fourth-order valence-electron chi connectivity index (χ4n) is 3.82. The Labute approximate surface area is 141 Å². The maximum atomic E-state index is 5.60. The zero-order valence-corrected chi connectivity index (χ0v) is 14.9. The molecule has 21 heavy (non-hydrogen) atoms. The second kappa shape index (κ2) is 7.29. The van der Waals surface area contributed by atoms with Crippen molar-refractivity contribution < 1.29 is 4.74 Å². The van der Waals surface area contributed by atoms with Gasteiger partial charge in [0, 0.05) is 35.8 Å². The molecular formula is C17H25IN2O. The largest absolute Gasteiger partial charge is 0.496 e. The van der Waals surface area contributed by atoms with Gasteiger partial charge in [-0.05, 0) is 71.9 Å². The molecule has 1 heterocycles. The third kappa shape index (κ3) is 3.71. The van der Waals surface area contributed by atoms with E-state index in [1.165, 1.54) is 47.9 Å². The number of hydrogen-bond acceptors (Lipinski definition) is 3. The average Bonchev–Trinajstić information content (AvgIpc) is 2.56. The van der Waals surface area contributed by atoms with Gasteiger partial charge in [-0.2, -0.15) is 0 Å². The summed E-state index contributed by atoms with van der Waals surface area (Å²) >= 11 is 2.36. The van der Waals surface area contributed by atoms with Crippen LogP contribution in [0.1, 0.15) is 37.2 Å². The van der Waals surface area contributed by atoms with Gasteiger partial charge in [-0.15, -0.1) is 0 Å². The molecule has 1 saturated heterocycles. The van der Waals surface area contributed by atoms with Crippen LogP contribution in [0.3, 0.4) is 0 Å². The number of ether oxygens (including phenoxy) is 1. The molecule has 1 aromatic rings. The fraction of sp³-hybridized carbons (Fsp3) is 0.647. The molecule has 0 unspecified atom stereocenters. The van der Waals surface area contributed by atoms with Crippen molar-refractivity contribution in [2.45, 2.75) is 37.6 Å². The molecule has 3 rings (SSSR count). The Bertz CT molecular complexity index is 466. The van der Waals surface area contributed by atoms with E-state index in [-0.39, 0.29) is 0 Å². The van der Waals surface area contributed by atoms with Crippen LogP contribution in [-0.2, 0) is 0 Å². The Morgan fingerprint density at radius 3 is 2.52 bits per heavy atom. The summed E-state index contributed by atoms with van der Waals surface area (Å²) < 4.78 is 6.85. The fourth-order valence-corrected chi connectivity index (χ4v) is 4.28. The molecule has 2 fully saturated rings. The van der Waals surface area contributed by atoms with E-state index < -0.39 is 0 Å². The molecule has 2 aliphatic rings. The minimum Gasteiger partial charge on any atom is -0.496 e. The Morgan fingerprint density at radius 2 is 1.86 bits per heavy atom. The van der Waals surface area contributed by atoms with Crippen LogP contribution in [0.5, 0.6) is 5.75 Å². The summed E-state index contributed by atoms with van der Waals surface area (Å²) in [5.74, 6) is 1.75. The third-order valence-electron chi connectivity index (χ3n) is 5.00. The first-order chi connectivity index (χ1) is 10.3. The van der Waals surface area contributed by atoms with E-state index in [0.717, 1.165) is 24.9 Å². The predicted octanol–water partition coefficient (Wildman–Crippen LogP) is 3.23. The van der Waals surface area contributed by atoms with E-state index in [2.05, 4.69) is 51.0 Å². The molecule has 0 aromatic heterocycles. The highest BCUT2D eigenvalue weighted by molar-refractivity contribution is 14.1. The summed E-state index contributed by atoms with van der Waals surface area (Å²) in [4.78, 5) is 2.69. The summed E-state index contributed by atoms with van der Waals surface area (Å²) in [7, 11) is 1.79. The second-order valence-electron chi connectivity index (χ2n) is 6.18. The first kappa shape index (κ1) is 15.6. The number of benzene rings is 1. The average molecular weight is 400 g/mol. The van der Waals surface area contributed by atoms with Crippen molar-refractivity contribution in [3.63, 3.8) is 0 Å². The van der Waals surface area contributed by atoms with Crippen molar-refractivity contribution in [2.24, 2.45) is 0 Å². The van der Waals surface area contributed by atoms with Gasteiger partial charge in [0.25, 0.3) is 0 Å². The standard InChI is InChI=1S/C17H25IN2O/c1-21-17-12-14(18)4-7-16(17)13-2-5-15(6-3-13)20-10-8-19-9-11-20/h4,7,12-13,15,19H,2-3,5-6,8-11H2,1H3. The van der Waals surface area contributed by atoms with Crippen molar-refractivity contribution in [3.05, 3.63) is 27.3 Å². The Kier molecular flexibility index (Phi) is 5.40. The van der Waals surface area contributed by atoms with Gasteiger partial charge >= 0.3 is 0 Å². The normalized spacial score (nSPS) is 27.5. The molecular weight excluding hydrogens is 375 g/mol. The minimum atomic E-state index is 0.677. The Balaban J connectivity index is 1.62. The van der Waals surface area contributed by atoms with Crippen LogP contribution in [0.15, 0.2) is 18.2 Å². The molecule has 3 nitrogen and oxygen atoms in total. The smallest absolute Gasteiger partial charge is 0.123 e. The molecule has 0 spiro atoms. The molecule has 1 aliphatic carbocycles. The number of nitrogens with one attached hydrogen (secondary N) is 1. The molecule has 1 N–H and O–H groups in total. The summed E-state index contributed by atoms with van der Waals surface area (Å²) in [6.45, 7) is 4.76. The van der Waals surface area contributed by atoms with E-state index in [1.807, 2.05) is 0 Å². The minimum absolute atomic E-state index is 0.677. The Morgan fingerprint density at radius 1 is 1.14 bits per heavy atom. The highest BCUT2D eigenvalue weighted by Gasteiger charge is 2.28. The van der Waals surface area contributed by atoms with Gasteiger partial charge in [-0.25, -0.2) is 0 Å². The molecule has 0 amide bonds. The molecule has 1 aliphatic heterocycles. The third-order valence-corrected chi connectivity index (χ3v) is 5.67. The SMILES string of the molecule is COc1cc(I)ccc1C1CCC(N2CCNCC2)CC1. The first-order valence-electron chi connectivity index (χ1n) is 8.06. The summed E-state index contributed by atoms with van der Waals surface area (Å²) in [5, 5.41) is 3.45. The number of piperazine rings is 1. The number of hydrogen-bond donors (Lipinski definition) is 1. The molecule has 1 saturated carbocycles. The molecule has 0 bridgehead atoms. The van der Waals surface area contributed by atoms with Crippen molar-refractivity contribution in [1.29, 1.82) is 0 Å². The second-order valence-corrected chi connectivity index (χ2v) is 7.42. The maximum Gasteiger partial charge on any atom is 0.123 e. The van der Waals surface area contributed by atoms with Crippen LogP contribution in [-0.4, -0.2) is 44.2 Å². The van der Waals surface area contributed by atoms with Gasteiger partial charge in [0.2, 0.25) is 0 Å². The van der Waals surface area contributed by atoms with Crippen LogP contribution in [0.4, 0.5) is 0 Å². The van der Waals surface area contributed by atoms with E-state index in [1.54, 1.807) is 7.11 Å². The van der Waals surface area contributed by atoms with Crippen molar-refractivity contribution in [3.8, 4) is 5.75 Å². The van der Waals surface area contributed by atoms with Crippen LogP contribution in [0.2, 0.25) is 0 Å². The molecule has 4 heteroatoms. The van der Waals surface area contributed by atoms with Crippen LogP contribution in [0.25, 0.3) is 0 Å². The predicted molar refractivity (Wildman–Crippen MR) is 95.2 cm³/mol. The summed E-state index contributed by atoms with van der Waals surface area (Å²) in [6, 6.07) is 7.45. The lowest BCUT2D eigenvalue weighted by molar-refractivity contribution is 0.132. The van der Waals surface area contributed by atoms with Crippen molar-refractivity contribution in [1.82, 2.24) is 10.2 Å². The number of halogens is 1. The number of rotatable bonds is 3. The summed E-state index contributed by atoms with van der Waals surface area (Å²) in [6.07, 6.45) is 5.26. The lowest BCUT2D eigenvalue weighted by Gasteiger charge is -2.39. The van der Waals surface area contributed by atoms with Gasteiger partial charge in [-0.3, -0.25) is 4.90 Å². The monoisotopic (exact) mass is 400 g/mol. The molecule has 0 atom stereocenters. The van der Waals surface area contributed by atoms with E-state index >= 15 is 0 Å². The van der Waals surface area contributed by atoms with Gasteiger partial charge in [0.05, 0.1) is 7.11 Å². The van der Waals surface area contributed by atoms with Gasteiger partial charge in [-0.1, -0.05) is 6.07 Å².